The number of hydrogen-bond acceptors (Lipinski definition) is 4. The first-order valence-electron chi connectivity index (χ1n) is 7.46. The minimum Gasteiger partial charge on any atom is -0.495 e. The van der Waals surface area contributed by atoms with E-state index in [0.717, 1.165) is 10.4 Å². The van der Waals surface area contributed by atoms with E-state index in [1.807, 2.05) is 36.4 Å². The Labute approximate surface area is 146 Å². The number of nitrogens with one attached hydrogen (secondary N) is 1. The second kappa shape index (κ2) is 7.81. The molecule has 0 spiro atoms. The minimum absolute atomic E-state index is 0. The van der Waals surface area contributed by atoms with Crippen LogP contribution in [0.1, 0.15) is 22.5 Å². The first-order valence-corrected chi connectivity index (χ1v) is 8.27. The number of thiophene rings is 1. The van der Waals surface area contributed by atoms with Crippen molar-refractivity contribution in [3.8, 4) is 16.2 Å². The summed E-state index contributed by atoms with van der Waals surface area (Å²) in [5, 5.41) is 2.93. The lowest BCUT2D eigenvalue weighted by Crippen LogP contribution is -2.38. The highest BCUT2D eigenvalue weighted by atomic mass is 35.5. The van der Waals surface area contributed by atoms with Crippen LogP contribution in [-0.2, 0) is 0 Å². The lowest BCUT2D eigenvalue weighted by molar-refractivity contribution is 0.0951. The summed E-state index contributed by atoms with van der Waals surface area (Å²) in [6, 6.07) is 12.0. The molecule has 1 aromatic carbocycles. The molecule has 1 aliphatic rings. The predicted molar refractivity (Wildman–Crippen MR) is 96.6 cm³/mol. The van der Waals surface area contributed by atoms with Crippen LogP contribution < -0.4 is 15.8 Å². The van der Waals surface area contributed by atoms with Crippen LogP contribution in [-0.4, -0.2) is 25.6 Å². The second-order valence-electron chi connectivity index (χ2n) is 5.59. The Morgan fingerprint density at radius 1 is 1.39 bits per heavy atom. The highest BCUT2D eigenvalue weighted by Gasteiger charge is 2.29. The molecular weight excluding hydrogens is 332 g/mol. The number of benzene rings is 1. The molecule has 23 heavy (non-hydrogen) atoms. The van der Waals surface area contributed by atoms with Gasteiger partial charge in [-0.25, -0.2) is 0 Å². The predicted octanol–water partition coefficient (Wildman–Crippen LogP) is 3.31. The molecule has 0 bridgehead atoms. The topological polar surface area (TPSA) is 64.3 Å². The van der Waals surface area contributed by atoms with E-state index in [2.05, 4.69) is 5.32 Å². The van der Waals surface area contributed by atoms with E-state index >= 15 is 0 Å². The van der Waals surface area contributed by atoms with Crippen LogP contribution >= 0.6 is 23.7 Å². The fourth-order valence-electron chi connectivity index (χ4n) is 2.41. The summed E-state index contributed by atoms with van der Waals surface area (Å²) in [5.41, 5.74) is 7.11. The quantitative estimate of drug-likeness (QED) is 0.838. The average molecular weight is 353 g/mol. The fourth-order valence-corrected chi connectivity index (χ4v) is 3.46. The third kappa shape index (κ3) is 4.25. The fraction of sp³-hybridized carbons (Fsp3) is 0.353. The lowest BCUT2D eigenvalue weighted by Gasteiger charge is -2.11. The SMILES string of the molecule is COc1cc(-c2ccccc2)sc1C(=O)NCC(N)C1CC1.Cl. The van der Waals surface area contributed by atoms with Gasteiger partial charge in [-0.3, -0.25) is 4.79 Å². The maximum Gasteiger partial charge on any atom is 0.265 e. The summed E-state index contributed by atoms with van der Waals surface area (Å²) in [7, 11) is 1.59. The Morgan fingerprint density at radius 2 is 2.09 bits per heavy atom. The number of halogens is 1. The van der Waals surface area contributed by atoms with Gasteiger partial charge in [-0.05, 0) is 30.4 Å². The van der Waals surface area contributed by atoms with Gasteiger partial charge in [0.15, 0.2) is 0 Å². The van der Waals surface area contributed by atoms with Crippen LogP contribution in [0.25, 0.3) is 10.4 Å². The van der Waals surface area contributed by atoms with Gasteiger partial charge >= 0.3 is 0 Å². The molecule has 1 fully saturated rings. The molecule has 6 heteroatoms. The summed E-state index contributed by atoms with van der Waals surface area (Å²) in [6.07, 6.45) is 2.36. The number of nitrogens with two attached hydrogens (primary N) is 1. The first kappa shape index (κ1) is 17.8. The molecule has 1 amide bonds. The number of rotatable bonds is 6. The van der Waals surface area contributed by atoms with Gasteiger partial charge in [-0.15, -0.1) is 23.7 Å². The Kier molecular flexibility index (Phi) is 6.04. The van der Waals surface area contributed by atoms with Gasteiger partial charge in [0.05, 0.1) is 7.11 Å². The molecule has 4 nitrogen and oxygen atoms in total. The summed E-state index contributed by atoms with van der Waals surface area (Å²) in [4.78, 5) is 14.0. The molecule has 0 saturated heterocycles. The zero-order valence-electron chi connectivity index (χ0n) is 13.0. The van der Waals surface area contributed by atoms with Crippen LogP contribution in [0.15, 0.2) is 36.4 Å². The van der Waals surface area contributed by atoms with E-state index in [9.17, 15) is 4.79 Å². The van der Waals surface area contributed by atoms with Crippen molar-refractivity contribution >= 4 is 29.7 Å². The maximum atomic E-state index is 12.4. The van der Waals surface area contributed by atoms with E-state index < -0.39 is 0 Å². The molecule has 0 radical (unpaired) electrons. The van der Waals surface area contributed by atoms with Crippen molar-refractivity contribution in [3.63, 3.8) is 0 Å². The Balaban J connectivity index is 0.00000192. The van der Waals surface area contributed by atoms with Crippen molar-refractivity contribution < 1.29 is 9.53 Å². The highest BCUT2D eigenvalue weighted by molar-refractivity contribution is 7.17. The average Bonchev–Trinajstić information content (AvgIpc) is 3.32. The monoisotopic (exact) mass is 352 g/mol. The summed E-state index contributed by atoms with van der Waals surface area (Å²) < 4.78 is 5.35. The number of hydrogen-bond donors (Lipinski definition) is 2. The zero-order chi connectivity index (χ0) is 15.5. The van der Waals surface area contributed by atoms with Crippen molar-refractivity contribution in [2.24, 2.45) is 11.7 Å². The number of amides is 1. The highest BCUT2D eigenvalue weighted by Crippen LogP contribution is 2.36. The van der Waals surface area contributed by atoms with Crippen molar-refractivity contribution in [1.29, 1.82) is 0 Å². The van der Waals surface area contributed by atoms with Crippen LogP contribution in [0.5, 0.6) is 5.75 Å². The first-order chi connectivity index (χ1) is 10.7. The number of methoxy groups -OCH3 is 1. The molecule has 2 aromatic rings. The third-order valence-corrected chi connectivity index (χ3v) is 5.07. The van der Waals surface area contributed by atoms with Crippen LogP contribution in [0.2, 0.25) is 0 Å². The van der Waals surface area contributed by atoms with Gasteiger partial charge in [0, 0.05) is 17.5 Å². The number of carbonyl (C=O) groups excluding carboxylic acids is 1. The molecule has 1 heterocycles. The molecule has 124 valence electrons. The van der Waals surface area contributed by atoms with Gasteiger partial charge in [0.1, 0.15) is 10.6 Å². The van der Waals surface area contributed by atoms with E-state index in [4.69, 9.17) is 10.5 Å². The van der Waals surface area contributed by atoms with Gasteiger partial charge in [0.2, 0.25) is 0 Å². The molecule has 1 saturated carbocycles. The largest absolute Gasteiger partial charge is 0.495 e. The maximum absolute atomic E-state index is 12.4. The molecule has 3 rings (SSSR count). The Hall–Kier alpha value is -1.56. The summed E-state index contributed by atoms with van der Waals surface area (Å²) >= 11 is 1.44. The number of carbonyl (C=O) groups is 1. The molecule has 1 atom stereocenters. The van der Waals surface area contributed by atoms with Gasteiger partial charge in [0.25, 0.3) is 5.91 Å². The van der Waals surface area contributed by atoms with Crippen LogP contribution in [0, 0.1) is 5.92 Å². The van der Waals surface area contributed by atoms with Crippen LogP contribution in [0.3, 0.4) is 0 Å². The van der Waals surface area contributed by atoms with Crippen molar-refractivity contribution in [2.75, 3.05) is 13.7 Å². The Bertz CT molecular complexity index is 656. The Morgan fingerprint density at radius 3 is 2.70 bits per heavy atom. The van der Waals surface area contributed by atoms with E-state index in [0.29, 0.717) is 23.1 Å². The molecule has 0 aliphatic heterocycles. The molecule has 1 unspecified atom stereocenters. The molecular formula is C17H21ClN2O2S. The molecule has 1 aromatic heterocycles. The number of ether oxygens (including phenoxy) is 1. The zero-order valence-corrected chi connectivity index (χ0v) is 14.6. The molecule has 1 aliphatic carbocycles. The third-order valence-electron chi connectivity index (χ3n) is 3.91. The van der Waals surface area contributed by atoms with Gasteiger partial charge < -0.3 is 15.8 Å². The summed E-state index contributed by atoms with van der Waals surface area (Å²) in [6.45, 7) is 0.519. The summed E-state index contributed by atoms with van der Waals surface area (Å²) in [5.74, 6) is 1.08. The van der Waals surface area contributed by atoms with E-state index in [-0.39, 0.29) is 24.4 Å². The minimum atomic E-state index is -0.111. The van der Waals surface area contributed by atoms with E-state index in [1.165, 1.54) is 24.2 Å². The van der Waals surface area contributed by atoms with Crippen molar-refractivity contribution in [2.45, 2.75) is 18.9 Å². The van der Waals surface area contributed by atoms with E-state index in [1.54, 1.807) is 7.11 Å². The molecule has 3 N–H and O–H groups in total. The van der Waals surface area contributed by atoms with Gasteiger partial charge in [-0.2, -0.15) is 0 Å². The normalized spacial score (nSPS) is 14.7. The van der Waals surface area contributed by atoms with Crippen LogP contribution in [0.4, 0.5) is 0 Å². The van der Waals surface area contributed by atoms with Crippen molar-refractivity contribution in [1.82, 2.24) is 5.32 Å². The lowest BCUT2D eigenvalue weighted by atomic mass is 10.2. The smallest absolute Gasteiger partial charge is 0.265 e. The van der Waals surface area contributed by atoms with Gasteiger partial charge in [-0.1, -0.05) is 30.3 Å². The standard InChI is InChI=1S/C17H20N2O2S.ClH/c1-21-14-9-15(12-5-3-2-4-6-12)22-16(14)17(20)19-10-13(18)11-7-8-11;/h2-6,9,11,13H,7-8,10,18H2,1H3,(H,19,20);1H. The second-order valence-corrected chi connectivity index (χ2v) is 6.64. The van der Waals surface area contributed by atoms with Crippen molar-refractivity contribution in [3.05, 3.63) is 41.3 Å².